The number of carbonyl (C=O) groups excluding carboxylic acids is 1. The second-order valence-corrected chi connectivity index (χ2v) is 9.06. The first kappa shape index (κ1) is 23.1. The van der Waals surface area contributed by atoms with Crippen LogP contribution in [0.4, 0.5) is 4.39 Å². The van der Waals surface area contributed by atoms with E-state index in [1.807, 2.05) is 31.2 Å². The lowest BCUT2D eigenvalue weighted by Crippen LogP contribution is -2.30. The van der Waals surface area contributed by atoms with E-state index in [0.29, 0.717) is 11.5 Å². The molecule has 2 aromatic carbocycles. The third kappa shape index (κ3) is 5.45. The lowest BCUT2D eigenvalue weighted by molar-refractivity contribution is 0.0739. The average Bonchev–Trinajstić information content (AvgIpc) is 3.32. The van der Waals surface area contributed by atoms with Gasteiger partial charge in [0.15, 0.2) is 0 Å². The van der Waals surface area contributed by atoms with E-state index in [-0.39, 0.29) is 23.7 Å². The average molecular weight is 448 g/mol. The standard InChI is InChI=1S/C27H30FN3O2/c1-18(25-17-29-13-14-30-25)31(2)27(33)22-6-3-19(4-7-22)15-20-5-8-23(16-20)26(32)21-9-11-24(28)12-10-21/h3-4,6-7,9-14,17-18,20,23,26,32H,5,8,15-16H2,1-2H3/t18?,20-,23-,26+/m0/s1. The van der Waals surface area contributed by atoms with Crippen LogP contribution in [-0.4, -0.2) is 32.9 Å². The van der Waals surface area contributed by atoms with Crippen LogP contribution in [0.25, 0.3) is 0 Å². The van der Waals surface area contributed by atoms with E-state index < -0.39 is 6.10 Å². The Kier molecular flexibility index (Phi) is 7.14. The van der Waals surface area contributed by atoms with E-state index in [1.165, 1.54) is 17.7 Å². The van der Waals surface area contributed by atoms with E-state index in [9.17, 15) is 14.3 Å². The van der Waals surface area contributed by atoms with Crippen LogP contribution in [0.15, 0.2) is 67.1 Å². The number of hydrogen-bond acceptors (Lipinski definition) is 4. The van der Waals surface area contributed by atoms with Crippen LogP contribution >= 0.6 is 0 Å². The molecule has 4 rings (SSSR count). The van der Waals surface area contributed by atoms with Crippen molar-refractivity contribution in [2.75, 3.05) is 7.05 Å². The van der Waals surface area contributed by atoms with E-state index >= 15 is 0 Å². The molecule has 0 radical (unpaired) electrons. The van der Waals surface area contributed by atoms with Crippen molar-refractivity contribution in [2.45, 2.75) is 44.8 Å². The minimum Gasteiger partial charge on any atom is -0.388 e. The fourth-order valence-electron chi connectivity index (χ4n) is 4.74. The number of rotatable bonds is 7. The van der Waals surface area contributed by atoms with Gasteiger partial charge in [0.2, 0.25) is 0 Å². The van der Waals surface area contributed by atoms with Gasteiger partial charge in [0, 0.05) is 25.0 Å². The third-order valence-corrected chi connectivity index (χ3v) is 6.88. The Morgan fingerprint density at radius 3 is 2.52 bits per heavy atom. The van der Waals surface area contributed by atoms with Crippen molar-refractivity contribution in [1.82, 2.24) is 14.9 Å². The van der Waals surface area contributed by atoms with Crippen molar-refractivity contribution in [2.24, 2.45) is 11.8 Å². The number of aromatic nitrogens is 2. The molecule has 1 unspecified atom stereocenters. The molecule has 0 bridgehead atoms. The number of aliphatic hydroxyl groups excluding tert-OH is 1. The molecule has 5 nitrogen and oxygen atoms in total. The normalized spacial score (nSPS) is 19.8. The monoisotopic (exact) mass is 447 g/mol. The maximum absolute atomic E-state index is 13.2. The van der Waals surface area contributed by atoms with Gasteiger partial charge in [-0.2, -0.15) is 0 Å². The van der Waals surface area contributed by atoms with Gasteiger partial charge in [-0.15, -0.1) is 0 Å². The largest absolute Gasteiger partial charge is 0.388 e. The van der Waals surface area contributed by atoms with Crippen LogP contribution in [0.5, 0.6) is 0 Å². The van der Waals surface area contributed by atoms with Gasteiger partial charge in [-0.3, -0.25) is 14.8 Å². The zero-order chi connectivity index (χ0) is 23.4. The zero-order valence-electron chi connectivity index (χ0n) is 19.1. The Morgan fingerprint density at radius 1 is 1.12 bits per heavy atom. The minimum atomic E-state index is -0.553. The predicted molar refractivity (Wildman–Crippen MR) is 125 cm³/mol. The number of carbonyl (C=O) groups is 1. The molecule has 172 valence electrons. The Balaban J connectivity index is 1.33. The fourth-order valence-corrected chi connectivity index (χ4v) is 4.74. The molecule has 0 saturated heterocycles. The highest BCUT2D eigenvalue weighted by Crippen LogP contribution is 2.40. The van der Waals surface area contributed by atoms with E-state index in [2.05, 4.69) is 9.97 Å². The van der Waals surface area contributed by atoms with Crippen molar-refractivity contribution in [1.29, 1.82) is 0 Å². The number of halogens is 1. The number of nitrogens with zero attached hydrogens (tertiary/aromatic N) is 3. The first-order valence-electron chi connectivity index (χ1n) is 11.5. The van der Waals surface area contributed by atoms with Crippen LogP contribution in [0.1, 0.15) is 65.5 Å². The topological polar surface area (TPSA) is 66.3 Å². The van der Waals surface area contributed by atoms with Crippen LogP contribution < -0.4 is 0 Å². The quantitative estimate of drug-likeness (QED) is 0.545. The molecule has 1 amide bonds. The number of amides is 1. The second kappa shape index (κ2) is 10.2. The molecule has 1 N–H and O–H groups in total. The van der Waals surface area contributed by atoms with Crippen LogP contribution in [-0.2, 0) is 6.42 Å². The summed E-state index contributed by atoms with van der Waals surface area (Å²) in [6, 6.07) is 13.8. The first-order valence-corrected chi connectivity index (χ1v) is 11.5. The smallest absolute Gasteiger partial charge is 0.254 e. The molecular formula is C27H30FN3O2. The fraction of sp³-hybridized carbons (Fsp3) is 0.370. The lowest BCUT2D eigenvalue weighted by Gasteiger charge is -2.24. The predicted octanol–water partition coefficient (Wildman–Crippen LogP) is 5.14. The van der Waals surface area contributed by atoms with Gasteiger partial charge in [-0.25, -0.2) is 4.39 Å². The Labute approximate surface area is 194 Å². The van der Waals surface area contributed by atoms with Crippen molar-refractivity contribution >= 4 is 5.91 Å². The molecule has 1 fully saturated rings. The van der Waals surface area contributed by atoms with Crippen molar-refractivity contribution in [3.8, 4) is 0 Å². The molecule has 4 atom stereocenters. The Bertz CT molecular complexity index is 1060. The van der Waals surface area contributed by atoms with Gasteiger partial charge < -0.3 is 10.0 Å². The van der Waals surface area contributed by atoms with Gasteiger partial charge in [0.1, 0.15) is 5.82 Å². The molecule has 1 aromatic heterocycles. The zero-order valence-corrected chi connectivity index (χ0v) is 19.1. The highest BCUT2D eigenvalue weighted by Gasteiger charge is 2.30. The van der Waals surface area contributed by atoms with Crippen LogP contribution in [0.2, 0.25) is 0 Å². The van der Waals surface area contributed by atoms with Crippen molar-refractivity contribution in [3.05, 3.63) is 95.3 Å². The van der Waals surface area contributed by atoms with E-state index in [4.69, 9.17) is 0 Å². The second-order valence-electron chi connectivity index (χ2n) is 9.06. The molecule has 0 aliphatic heterocycles. The SMILES string of the molecule is CC(c1cnccn1)N(C)C(=O)c1ccc(C[C@@H]2CC[C@H]([C@H](O)c3ccc(F)cc3)C2)cc1. The lowest BCUT2D eigenvalue weighted by atomic mass is 9.91. The summed E-state index contributed by atoms with van der Waals surface area (Å²) in [7, 11) is 1.78. The molecule has 1 aliphatic rings. The number of aliphatic hydroxyl groups is 1. The summed E-state index contributed by atoms with van der Waals surface area (Å²) in [5.41, 5.74) is 3.37. The van der Waals surface area contributed by atoms with Crippen LogP contribution in [0.3, 0.4) is 0 Å². The Hall–Kier alpha value is -3.12. The molecule has 1 aliphatic carbocycles. The van der Waals surface area contributed by atoms with Gasteiger partial charge in [0.05, 0.1) is 24.0 Å². The van der Waals surface area contributed by atoms with Crippen LogP contribution in [0, 0.1) is 17.7 Å². The van der Waals surface area contributed by atoms with Gasteiger partial charge in [0.25, 0.3) is 5.91 Å². The van der Waals surface area contributed by atoms with Gasteiger partial charge in [-0.1, -0.05) is 24.3 Å². The summed E-state index contributed by atoms with van der Waals surface area (Å²) in [4.78, 5) is 23.0. The molecule has 33 heavy (non-hydrogen) atoms. The minimum absolute atomic E-state index is 0.0527. The molecular weight excluding hydrogens is 417 g/mol. The summed E-state index contributed by atoms with van der Waals surface area (Å²) in [6.07, 6.45) is 8.26. The van der Waals surface area contributed by atoms with Gasteiger partial charge in [-0.05, 0) is 79.8 Å². The molecule has 1 heterocycles. The highest BCUT2D eigenvalue weighted by atomic mass is 19.1. The summed E-state index contributed by atoms with van der Waals surface area (Å²) in [6.45, 7) is 1.94. The molecule has 0 spiro atoms. The molecule has 3 aromatic rings. The maximum atomic E-state index is 13.2. The van der Waals surface area contributed by atoms with Crippen molar-refractivity contribution < 1.29 is 14.3 Å². The molecule has 6 heteroatoms. The summed E-state index contributed by atoms with van der Waals surface area (Å²) in [5.74, 6) is 0.346. The number of hydrogen-bond donors (Lipinski definition) is 1. The number of benzene rings is 2. The Morgan fingerprint density at radius 2 is 1.85 bits per heavy atom. The molecule has 1 saturated carbocycles. The third-order valence-electron chi connectivity index (χ3n) is 6.88. The summed E-state index contributed by atoms with van der Waals surface area (Å²) < 4.78 is 13.2. The first-order chi connectivity index (χ1) is 15.9. The maximum Gasteiger partial charge on any atom is 0.254 e. The van der Waals surface area contributed by atoms with Crippen molar-refractivity contribution in [3.63, 3.8) is 0 Å². The summed E-state index contributed by atoms with van der Waals surface area (Å²) >= 11 is 0. The summed E-state index contributed by atoms with van der Waals surface area (Å²) in [5, 5.41) is 10.7. The van der Waals surface area contributed by atoms with E-state index in [0.717, 1.165) is 36.9 Å². The van der Waals surface area contributed by atoms with E-state index in [1.54, 1.807) is 42.7 Å². The highest BCUT2D eigenvalue weighted by molar-refractivity contribution is 5.94. The van der Waals surface area contributed by atoms with Gasteiger partial charge >= 0.3 is 0 Å².